The van der Waals surface area contributed by atoms with Crippen LogP contribution in [0.3, 0.4) is 0 Å². The number of anilines is 1. The number of rotatable bonds is 14. The van der Waals surface area contributed by atoms with Gasteiger partial charge in [0.1, 0.15) is 52.8 Å². The topological polar surface area (TPSA) is 191 Å². The SMILES string of the molecule is COc1ccc(C(OCC2OC(n3cnc4c(N)ncnc43)C(OC(=O)[C@@H](Cc3ccc4ccccc4c3)NC(=O)OC(C)(C)C)C2O)(c2ccccc2)c2ccc(OC)cc2)cc1. The van der Waals surface area contributed by atoms with Gasteiger partial charge in [0, 0.05) is 6.42 Å². The minimum absolute atomic E-state index is 0.0465. The number of methoxy groups -OCH3 is 2. The third-order valence-corrected chi connectivity index (χ3v) is 11.1. The van der Waals surface area contributed by atoms with E-state index in [9.17, 15) is 14.7 Å². The Labute approximate surface area is 370 Å². The van der Waals surface area contributed by atoms with Crippen molar-refractivity contribution in [3.63, 3.8) is 0 Å². The highest BCUT2D eigenvalue weighted by Crippen LogP contribution is 2.43. The molecule has 64 heavy (non-hydrogen) atoms. The predicted molar refractivity (Wildman–Crippen MR) is 239 cm³/mol. The van der Waals surface area contributed by atoms with Gasteiger partial charge >= 0.3 is 12.1 Å². The first-order valence-corrected chi connectivity index (χ1v) is 20.8. The summed E-state index contributed by atoms with van der Waals surface area (Å²) in [5.41, 5.74) is 7.69. The summed E-state index contributed by atoms with van der Waals surface area (Å²) in [5.74, 6) is 0.588. The zero-order valence-corrected chi connectivity index (χ0v) is 36.1. The minimum atomic E-state index is -1.48. The van der Waals surface area contributed by atoms with Gasteiger partial charge in [0.05, 0.1) is 27.2 Å². The summed E-state index contributed by atoms with van der Waals surface area (Å²) >= 11 is 0. The number of carbonyl (C=O) groups excluding carboxylic acids is 2. The lowest BCUT2D eigenvalue weighted by Crippen LogP contribution is -2.48. The van der Waals surface area contributed by atoms with E-state index in [-0.39, 0.29) is 30.0 Å². The number of aliphatic hydroxyl groups excluding tert-OH is 1. The highest BCUT2D eigenvalue weighted by Gasteiger charge is 2.50. The number of hydrogen-bond donors (Lipinski definition) is 3. The van der Waals surface area contributed by atoms with Crippen LogP contribution in [0.15, 0.2) is 134 Å². The molecular weight excluding hydrogens is 817 g/mol. The third kappa shape index (κ3) is 9.04. The molecule has 15 heteroatoms. The maximum atomic E-state index is 14.5. The fourth-order valence-electron chi connectivity index (χ4n) is 8.01. The molecule has 0 saturated carbocycles. The van der Waals surface area contributed by atoms with Crippen LogP contribution in [0.1, 0.15) is 49.3 Å². The number of alkyl carbamates (subject to hydrolysis) is 1. The average Bonchev–Trinajstić information content (AvgIpc) is 3.87. The summed E-state index contributed by atoms with van der Waals surface area (Å²) < 4.78 is 38.2. The van der Waals surface area contributed by atoms with Crippen molar-refractivity contribution in [1.82, 2.24) is 24.8 Å². The zero-order chi connectivity index (χ0) is 45.0. The maximum absolute atomic E-state index is 14.5. The van der Waals surface area contributed by atoms with Gasteiger partial charge in [-0.3, -0.25) is 4.57 Å². The van der Waals surface area contributed by atoms with E-state index in [0.717, 1.165) is 33.0 Å². The molecule has 1 aliphatic heterocycles. The van der Waals surface area contributed by atoms with E-state index in [0.29, 0.717) is 11.5 Å². The molecule has 8 rings (SSSR count). The number of nitrogens with two attached hydrogens (primary N) is 1. The number of ether oxygens (including phenoxy) is 6. The molecule has 15 nitrogen and oxygen atoms in total. The lowest BCUT2D eigenvalue weighted by molar-refractivity contribution is -0.161. The monoisotopic (exact) mass is 866 g/mol. The van der Waals surface area contributed by atoms with Crippen LogP contribution in [-0.2, 0) is 35.8 Å². The molecule has 1 aliphatic rings. The average molecular weight is 867 g/mol. The molecule has 330 valence electrons. The molecule has 0 bridgehead atoms. The Balaban J connectivity index is 1.16. The predicted octanol–water partition coefficient (Wildman–Crippen LogP) is 6.89. The molecule has 0 radical (unpaired) electrons. The molecular formula is C49H50N6O9. The van der Waals surface area contributed by atoms with Crippen LogP contribution >= 0.6 is 0 Å². The van der Waals surface area contributed by atoms with Crippen molar-refractivity contribution >= 4 is 39.8 Å². The standard InChI is InChI=1S/C49H50N6O9/c1-48(2,3)64-47(58)54-38(26-30-15-16-31-11-9-10-12-32(31)25-30)46(57)63-42-41(56)39(62-45(42)55-29-53-40-43(50)51-28-52-44(40)55)27-61-49(33-13-7-6-8-14-33,34-17-21-36(59-4)22-18-34)35-19-23-37(60-5)24-20-35/h6-25,28-29,38-39,41-42,45,56H,26-27H2,1-5H3,(H,54,58)(H2,50,51,52)/t38-,39?,41?,42?,45?/m1/s1. The van der Waals surface area contributed by atoms with E-state index in [1.807, 2.05) is 121 Å². The number of aliphatic hydroxyl groups is 1. The first-order valence-electron chi connectivity index (χ1n) is 20.8. The number of hydrogen-bond acceptors (Lipinski definition) is 13. The van der Waals surface area contributed by atoms with Gasteiger partial charge in [-0.25, -0.2) is 24.5 Å². The van der Waals surface area contributed by atoms with Gasteiger partial charge in [0.15, 0.2) is 23.8 Å². The second-order valence-corrected chi connectivity index (χ2v) is 16.4. The lowest BCUT2D eigenvalue weighted by Gasteiger charge is -2.37. The van der Waals surface area contributed by atoms with Crippen molar-refractivity contribution < 1.29 is 43.1 Å². The normalized spacial score (nSPS) is 18.1. The van der Waals surface area contributed by atoms with E-state index in [1.54, 1.807) is 35.0 Å². The summed E-state index contributed by atoms with van der Waals surface area (Å²) in [6.45, 7) is 4.97. The van der Waals surface area contributed by atoms with Crippen molar-refractivity contribution in [2.24, 2.45) is 0 Å². The summed E-state index contributed by atoms with van der Waals surface area (Å²) in [5, 5.41) is 17.0. The van der Waals surface area contributed by atoms with Crippen LogP contribution in [0.2, 0.25) is 0 Å². The first-order chi connectivity index (χ1) is 30.9. The summed E-state index contributed by atoms with van der Waals surface area (Å²) in [6.07, 6.45) is -3.19. The van der Waals surface area contributed by atoms with E-state index < -0.39 is 53.8 Å². The lowest BCUT2D eigenvalue weighted by atomic mass is 9.80. The Hall–Kier alpha value is -7.07. The van der Waals surface area contributed by atoms with Gasteiger partial charge in [-0.2, -0.15) is 0 Å². The molecule has 7 aromatic rings. The molecule has 1 amide bonds. The molecule has 5 atom stereocenters. The van der Waals surface area contributed by atoms with E-state index in [1.165, 1.54) is 17.2 Å². The molecule has 2 aromatic heterocycles. The zero-order valence-electron chi connectivity index (χ0n) is 36.1. The minimum Gasteiger partial charge on any atom is -0.497 e. The van der Waals surface area contributed by atoms with Crippen LogP contribution in [0.5, 0.6) is 11.5 Å². The van der Waals surface area contributed by atoms with Crippen molar-refractivity contribution in [1.29, 1.82) is 0 Å². The number of esters is 1. The van der Waals surface area contributed by atoms with Gasteiger partial charge in [0.25, 0.3) is 0 Å². The third-order valence-electron chi connectivity index (χ3n) is 11.1. The summed E-state index contributed by atoms with van der Waals surface area (Å²) in [6, 6.07) is 37.1. The number of benzene rings is 5. The van der Waals surface area contributed by atoms with Crippen molar-refractivity contribution in [3.8, 4) is 11.5 Å². The van der Waals surface area contributed by atoms with Gasteiger partial charge in [-0.05, 0) is 78.1 Å². The smallest absolute Gasteiger partial charge is 0.408 e. The van der Waals surface area contributed by atoms with E-state index in [2.05, 4.69) is 20.3 Å². The van der Waals surface area contributed by atoms with Gasteiger partial charge in [-0.1, -0.05) is 97.1 Å². The van der Waals surface area contributed by atoms with Crippen LogP contribution < -0.4 is 20.5 Å². The van der Waals surface area contributed by atoms with Crippen LogP contribution in [-0.4, -0.2) is 87.5 Å². The molecule has 4 unspecified atom stereocenters. The number of carbonyl (C=O) groups is 2. The number of nitrogens with zero attached hydrogens (tertiary/aromatic N) is 4. The quantitative estimate of drug-likeness (QED) is 0.0757. The van der Waals surface area contributed by atoms with Gasteiger partial charge < -0.3 is 44.6 Å². The van der Waals surface area contributed by atoms with Gasteiger partial charge in [0.2, 0.25) is 0 Å². The summed E-state index contributed by atoms with van der Waals surface area (Å²) in [7, 11) is 3.20. The number of fused-ring (bicyclic) bond motifs is 2. The Morgan fingerprint density at radius 1 is 0.812 bits per heavy atom. The van der Waals surface area contributed by atoms with Crippen LogP contribution in [0, 0.1) is 0 Å². The van der Waals surface area contributed by atoms with Crippen molar-refractivity contribution in [2.45, 2.75) is 69.0 Å². The molecule has 3 heterocycles. The Morgan fingerprint density at radius 3 is 2.08 bits per heavy atom. The first kappa shape index (κ1) is 43.6. The highest BCUT2D eigenvalue weighted by atomic mass is 16.6. The second-order valence-electron chi connectivity index (χ2n) is 16.4. The molecule has 4 N–H and O–H groups in total. The molecule has 0 aliphatic carbocycles. The summed E-state index contributed by atoms with van der Waals surface area (Å²) in [4.78, 5) is 40.7. The Morgan fingerprint density at radius 2 is 1.44 bits per heavy atom. The Bertz CT molecular complexity index is 2680. The molecule has 1 saturated heterocycles. The molecule has 5 aromatic carbocycles. The van der Waals surface area contributed by atoms with E-state index in [4.69, 9.17) is 34.2 Å². The molecule has 1 fully saturated rings. The fraction of sp³-hybridized carbons (Fsp3) is 0.286. The maximum Gasteiger partial charge on any atom is 0.408 e. The Kier molecular flexibility index (Phi) is 12.5. The largest absolute Gasteiger partial charge is 0.497 e. The number of imidazole rings is 1. The van der Waals surface area contributed by atoms with Crippen LogP contribution in [0.4, 0.5) is 10.6 Å². The van der Waals surface area contributed by atoms with Crippen LogP contribution in [0.25, 0.3) is 21.9 Å². The highest BCUT2D eigenvalue weighted by molar-refractivity contribution is 5.85. The van der Waals surface area contributed by atoms with Crippen molar-refractivity contribution in [2.75, 3.05) is 26.6 Å². The second kappa shape index (κ2) is 18.3. The molecule has 0 spiro atoms. The number of nitrogen functional groups attached to an aromatic ring is 1. The number of nitrogens with one attached hydrogen (secondary N) is 1. The van der Waals surface area contributed by atoms with Crippen molar-refractivity contribution in [3.05, 3.63) is 156 Å². The van der Waals surface area contributed by atoms with Gasteiger partial charge in [-0.15, -0.1) is 0 Å². The number of amides is 1. The fourth-order valence-corrected chi connectivity index (χ4v) is 8.01. The van der Waals surface area contributed by atoms with E-state index >= 15 is 0 Å². The number of aromatic nitrogens is 4.